The molecule has 2 rings (SSSR count). The van der Waals surface area contributed by atoms with Gasteiger partial charge in [0.25, 0.3) is 0 Å². The number of amides is 1. The Labute approximate surface area is 121 Å². The van der Waals surface area contributed by atoms with Crippen LogP contribution in [0.5, 0.6) is 0 Å². The van der Waals surface area contributed by atoms with Gasteiger partial charge >= 0.3 is 0 Å². The molecule has 0 bridgehead atoms. The summed E-state index contributed by atoms with van der Waals surface area (Å²) in [5.74, 6) is 0.663. The van der Waals surface area contributed by atoms with Crippen molar-refractivity contribution in [1.82, 2.24) is 0 Å². The third-order valence-electron chi connectivity index (χ3n) is 4.38. The van der Waals surface area contributed by atoms with E-state index in [1.807, 2.05) is 12.1 Å². The average Bonchev–Trinajstić information content (AvgIpc) is 2.40. The number of benzene rings is 1. The van der Waals surface area contributed by atoms with E-state index in [9.17, 15) is 4.79 Å². The number of rotatable bonds is 4. The van der Waals surface area contributed by atoms with Crippen LogP contribution >= 0.6 is 0 Å². The van der Waals surface area contributed by atoms with Crippen LogP contribution in [-0.2, 0) is 4.79 Å². The summed E-state index contributed by atoms with van der Waals surface area (Å²) in [6.07, 6.45) is 5.51. The number of hydrogen-bond donors (Lipinski definition) is 2. The van der Waals surface area contributed by atoms with Crippen LogP contribution in [0.25, 0.3) is 0 Å². The third-order valence-corrected chi connectivity index (χ3v) is 4.38. The van der Waals surface area contributed by atoms with Crippen LogP contribution in [0.2, 0.25) is 0 Å². The summed E-state index contributed by atoms with van der Waals surface area (Å²) in [5, 5.41) is 2.87. The minimum atomic E-state index is -0.0142. The zero-order valence-electron chi connectivity index (χ0n) is 12.6. The molecule has 0 atom stereocenters. The summed E-state index contributed by atoms with van der Waals surface area (Å²) in [7, 11) is 0. The molecule has 3 N–H and O–H groups in total. The molecule has 0 saturated heterocycles. The summed E-state index contributed by atoms with van der Waals surface area (Å²) >= 11 is 0. The first-order valence-electron chi connectivity index (χ1n) is 7.60. The van der Waals surface area contributed by atoms with Crippen molar-refractivity contribution in [3.8, 4) is 0 Å². The summed E-state index contributed by atoms with van der Waals surface area (Å²) in [5.41, 5.74) is 8.14. The van der Waals surface area contributed by atoms with Gasteiger partial charge in [0.05, 0.1) is 0 Å². The van der Waals surface area contributed by atoms with E-state index >= 15 is 0 Å². The molecule has 1 saturated carbocycles. The van der Waals surface area contributed by atoms with Crippen molar-refractivity contribution in [1.29, 1.82) is 0 Å². The minimum Gasteiger partial charge on any atom is -0.330 e. The fourth-order valence-electron chi connectivity index (χ4n) is 2.93. The van der Waals surface area contributed by atoms with E-state index in [2.05, 4.69) is 31.3 Å². The molecule has 3 heteroatoms. The van der Waals surface area contributed by atoms with Crippen LogP contribution in [0.3, 0.4) is 0 Å². The van der Waals surface area contributed by atoms with Crippen LogP contribution < -0.4 is 11.1 Å². The van der Waals surface area contributed by atoms with Gasteiger partial charge in [0, 0.05) is 18.7 Å². The van der Waals surface area contributed by atoms with Crippen molar-refractivity contribution < 1.29 is 4.79 Å². The molecule has 0 aromatic heterocycles. The molecule has 0 heterocycles. The normalized spacial score (nSPS) is 18.8. The molecule has 1 amide bonds. The molecule has 1 aromatic rings. The molecule has 0 radical (unpaired) electrons. The molecule has 1 aliphatic carbocycles. The second kappa shape index (κ2) is 6.40. The molecule has 0 spiro atoms. The van der Waals surface area contributed by atoms with Crippen LogP contribution in [0, 0.1) is 5.41 Å². The summed E-state index contributed by atoms with van der Waals surface area (Å²) in [6, 6.07) is 8.31. The van der Waals surface area contributed by atoms with Gasteiger partial charge in [-0.15, -0.1) is 0 Å². The molecule has 0 aliphatic heterocycles. The van der Waals surface area contributed by atoms with Gasteiger partial charge in [-0.25, -0.2) is 0 Å². The van der Waals surface area contributed by atoms with E-state index in [0.29, 0.717) is 24.3 Å². The Kier molecular flexibility index (Phi) is 4.81. The topological polar surface area (TPSA) is 55.1 Å². The lowest BCUT2D eigenvalue weighted by atomic mass is 9.71. The van der Waals surface area contributed by atoms with Gasteiger partial charge < -0.3 is 11.1 Å². The summed E-state index contributed by atoms with van der Waals surface area (Å²) in [4.78, 5) is 11.5. The van der Waals surface area contributed by atoms with Crippen molar-refractivity contribution in [2.45, 2.75) is 51.9 Å². The number of anilines is 1. The summed E-state index contributed by atoms with van der Waals surface area (Å²) < 4.78 is 0. The van der Waals surface area contributed by atoms with E-state index in [4.69, 9.17) is 5.73 Å². The van der Waals surface area contributed by atoms with Crippen LogP contribution in [0.4, 0.5) is 5.69 Å². The Morgan fingerprint density at radius 1 is 1.25 bits per heavy atom. The first-order chi connectivity index (χ1) is 9.50. The van der Waals surface area contributed by atoms with E-state index in [1.54, 1.807) is 0 Å². The van der Waals surface area contributed by atoms with Gasteiger partial charge in [0.2, 0.25) is 5.91 Å². The Balaban J connectivity index is 1.93. The molecular weight excluding hydrogens is 248 g/mol. The average molecular weight is 274 g/mol. The Hall–Kier alpha value is -1.35. The van der Waals surface area contributed by atoms with Gasteiger partial charge in [-0.2, -0.15) is 0 Å². The smallest absolute Gasteiger partial charge is 0.225 e. The highest BCUT2D eigenvalue weighted by Crippen LogP contribution is 2.42. The fourth-order valence-corrected chi connectivity index (χ4v) is 2.93. The van der Waals surface area contributed by atoms with Crippen molar-refractivity contribution in [2.75, 3.05) is 11.9 Å². The number of carbonyl (C=O) groups excluding carboxylic acids is 1. The van der Waals surface area contributed by atoms with Crippen molar-refractivity contribution in [3.05, 3.63) is 29.8 Å². The predicted octanol–water partition coefficient (Wildman–Crippen LogP) is 3.66. The highest BCUT2D eigenvalue weighted by atomic mass is 16.1. The fraction of sp³-hybridized carbons (Fsp3) is 0.588. The van der Waals surface area contributed by atoms with Gasteiger partial charge in [-0.3, -0.25) is 4.79 Å². The standard InChI is InChI=1S/C17H26N2O/c1-17(2)10-7-14(8-11-17)13-3-5-15(6-4-13)19-16(20)9-12-18/h3-6,14H,7-12,18H2,1-2H3,(H,19,20). The summed E-state index contributed by atoms with van der Waals surface area (Å²) in [6.45, 7) is 5.11. The van der Waals surface area contributed by atoms with E-state index in [1.165, 1.54) is 31.2 Å². The Morgan fingerprint density at radius 3 is 2.40 bits per heavy atom. The zero-order chi connectivity index (χ0) is 14.6. The molecule has 0 unspecified atom stereocenters. The van der Waals surface area contributed by atoms with Crippen molar-refractivity contribution >= 4 is 11.6 Å². The molecule has 3 nitrogen and oxygen atoms in total. The predicted molar refractivity (Wildman–Crippen MR) is 83.7 cm³/mol. The highest BCUT2D eigenvalue weighted by Gasteiger charge is 2.27. The number of nitrogens with one attached hydrogen (secondary N) is 1. The Bertz CT molecular complexity index is 441. The molecule has 1 aliphatic rings. The monoisotopic (exact) mass is 274 g/mol. The van der Waals surface area contributed by atoms with E-state index in [0.717, 1.165) is 5.69 Å². The molecule has 1 aromatic carbocycles. The molecule has 1 fully saturated rings. The van der Waals surface area contributed by atoms with Gasteiger partial charge in [0.15, 0.2) is 0 Å². The second-order valence-corrected chi connectivity index (χ2v) is 6.65. The van der Waals surface area contributed by atoms with Crippen molar-refractivity contribution in [3.63, 3.8) is 0 Å². The molecular formula is C17H26N2O. The van der Waals surface area contributed by atoms with Crippen molar-refractivity contribution in [2.24, 2.45) is 11.1 Å². The molecule has 20 heavy (non-hydrogen) atoms. The first kappa shape index (κ1) is 15.0. The zero-order valence-corrected chi connectivity index (χ0v) is 12.6. The van der Waals surface area contributed by atoms with Gasteiger partial charge in [0.1, 0.15) is 0 Å². The van der Waals surface area contributed by atoms with E-state index in [-0.39, 0.29) is 5.91 Å². The number of carbonyl (C=O) groups is 1. The maximum atomic E-state index is 11.5. The SMILES string of the molecule is CC1(C)CCC(c2ccc(NC(=O)CCN)cc2)CC1. The lowest BCUT2D eigenvalue weighted by molar-refractivity contribution is -0.116. The highest BCUT2D eigenvalue weighted by molar-refractivity contribution is 5.90. The maximum absolute atomic E-state index is 11.5. The quantitative estimate of drug-likeness (QED) is 0.880. The lowest BCUT2D eigenvalue weighted by Crippen LogP contribution is -2.20. The Morgan fingerprint density at radius 2 is 1.85 bits per heavy atom. The second-order valence-electron chi connectivity index (χ2n) is 6.65. The maximum Gasteiger partial charge on any atom is 0.225 e. The van der Waals surface area contributed by atoms with Crippen LogP contribution in [-0.4, -0.2) is 12.5 Å². The lowest BCUT2D eigenvalue weighted by Gasteiger charge is -2.34. The van der Waals surface area contributed by atoms with Gasteiger partial charge in [-0.05, 0) is 54.7 Å². The third kappa shape index (κ3) is 4.07. The van der Waals surface area contributed by atoms with Crippen LogP contribution in [0.1, 0.15) is 57.4 Å². The number of nitrogens with two attached hydrogens (primary N) is 1. The number of hydrogen-bond acceptors (Lipinski definition) is 2. The first-order valence-corrected chi connectivity index (χ1v) is 7.60. The largest absolute Gasteiger partial charge is 0.330 e. The van der Waals surface area contributed by atoms with E-state index < -0.39 is 0 Å². The van der Waals surface area contributed by atoms with Crippen LogP contribution in [0.15, 0.2) is 24.3 Å². The van der Waals surface area contributed by atoms with Gasteiger partial charge in [-0.1, -0.05) is 26.0 Å². The minimum absolute atomic E-state index is 0.0142. The molecule has 110 valence electrons.